The molecule has 1 heterocycles. The van der Waals surface area contributed by atoms with Gasteiger partial charge in [0.05, 0.1) is 0 Å². The fourth-order valence-corrected chi connectivity index (χ4v) is 0.832. The maximum atomic E-state index is 10.5. The van der Waals surface area contributed by atoms with Crippen LogP contribution in [0, 0.1) is 0 Å². The summed E-state index contributed by atoms with van der Waals surface area (Å²) in [5, 5.41) is -0.494. The number of aromatic amines is 1. The van der Waals surface area contributed by atoms with Gasteiger partial charge in [-0.2, -0.15) is 12.6 Å². The molecule has 0 spiro atoms. The monoisotopic (exact) mass is 156 g/mol. The van der Waals surface area contributed by atoms with Crippen LogP contribution < -0.4 is 5.73 Å². The molecule has 1 amide bonds. The Morgan fingerprint density at radius 3 is 2.90 bits per heavy atom. The summed E-state index contributed by atoms with van der Waals surface area (Å²) in [7, 11) is 0. The number of amides is 1. The Labute approximate surface area is 64.0 Å². The van der Waals surface area contributed by atoms with Crippen LogP contribution in [0.2, 0.25) is 0 Å². The third-order valence-electron chi connectivity index (χ3n) is 1.21. The molecule has 0 aliphatic heterocycles. The molecule has 1 aromatic rings. The van der Waals surface area contributed by atoms with Crippen LogP contribution in [0.1, 0.15) is 10.8 Å². The number of nitrogens with one attached hydrogen (secondary N) is 1. The summed E-state index contributed by atoms with van der Waals surface area (Å²) in [6.45, 7) is 0. The van der Waals surface area contributed by atoms with Gasteiger partial charge < -0.3 is 10.7 Å². The Hall–Kier alpha value is -0.900. The van der Waals surface area contributed by atoms with Gasteiger partial charge in [-0.15, -0.1) is 0 Å². The molecule has 54 valence electrons. The summed E-state index contributed by atoms with van der Waals surface area (Å²) in [5.74, 6) is -0.428. The lowest BCUT2D eigenvalue weighted by Gasteiger charge is -2.00. The van der Waals surface area contributed by atoms with Gasteiger partial charge in [0, 0.05) is 12.4 Å². The quantitative estimate of drug-likeness (QED) is 0.536. The lowest BCUT2D eigenvalue weighted by Crippen LogP contribution is -2.16. The Bertz CT molecular complexity index is 220. The first kappa shape index (κ1) is 7.21. The van der Waals surface area contributed by atoms with Crippen LogP contribution in [0.4, 0.5) is 0 Å². The number of thiol groups is 1. The smallest absolute Gasteiger partial charge is 0.234 e. The Morgan fingerprint density at radius 2 is 2.50 bits per heavy atom. The standard InChI is InChI=1S/C6H8N2OS/c7-6(9)5(10)4-1-2-8-3-4/h1-3,5,8,10H,(H2,7,9). The number of carbonyl (C=O) groups excluding carboxylic acids is 1. The Kier molecular flexibility index (Phi) is 2.01. The van der Waals surface area contributed by atoms with Crippen molar-refractivity contribution in [2.75, 3.05) is 0 Å². The van der Waals surface area contributed by atoms with Gasteiger partial charge in [0.2, 0.25) is 5.91 Å². The molecule has 0 radical (unpaired) electrons. The second-order valence-electron chi connectivity index (χ2n) is 1.95. The van der Waals surface area contributed by atoms with Crippen molar-refractivity contribution >= 4 is 18.5 Å². The van der Waals surface area contributed by atoms with Gasteiger partial charge in [-0.3, -0.25) is 4.79 Å². The average Bonchev–Trinajstić information content (AvgIpc) is 2.36. The second kappa shape index (κ2) is 2.79. The molecule has 1 aromatic heterocycles. The summed E-state index contributed by atoms with van der Waals surface area (Å²) in [4.78, 5) is 13.3. The molecule has 0 saturated carbocycles. The molecule has 1 atom stereocenters. The van der Waals surface area contributed by atoms with Crippen LogP contribution in [0.5, 0.6) is 0 Å². The van der Waals surface area contributed by atoms with Gasteiger partial charge in [-0.1, -0.05) is 0 Å². The van der Waals surface area contributed by atoms with Crippen molar-refractivity contribution in [3.05, 3.63) is 24.0 Å². The van der Waals surface area contributed by atoms with Crippen molar-refractivity contribution in [2.45, 2.75) is 5.25 Å². The van der Waals surface area contributed by atoms with Gasteiger partial charge in [-0.05, 0) is 11.6 Å². The zero-order valence-corrected chi connectivity index (χ0v) is 6.14. The van der Waals surface area contributed by atoms with E-state index in [2.05, 4.69) is 17.6 Å². The molecule has 1 unspecified atom stereocenters. The van der Waals surface area contributed by atoms with Gasteiger partial charge in [0.15, 0.2) is 0 Å². The molecule has 0 aliphatic rings. The molecule has 0 fully saturated rings. The summed E-state index contributed by atoms with van der Waals surface area (Å²) >= 11 is 3.99. The number of carbonyl (C=O) groups is 1. The zero-order chi connectivity index (χ0) is 7.56. The second-order valence-corrected chi connectivity index (χ2v) is 2.47. The highest BCUT2D eigenvalue weighted by atomic mass is 32.1. The maximum absolute atomic E-state index is 10.5. The van der Waals surface area contributed by atoms with Crippen LogP contribution in [0.15, 0.2) is 18.5 Å². The van der Waals surface area contributed by atoms with E-state index in [4.69, 9.17) is 5.73 Å². The Balaban J connectivity index is 2.77. The van der Waals surface area contributed by atoms with E-state index in [9.17, 15) is 4.79 Å². The van der Waals surface area contributed by atoms with E-state index in [1.54, 1.807) is 18.5 Å². The van der Waals surface area contributed by atoms with Crippen molar-refractivity contribution in [3.63, 3.8) is 0 Å². The number of H-pyrrole nitrogens is 1. The normalized spacial score (nSPS) is 12.9. The minimum Gasteiger partial charge on any atom is -0.368 e. The zero-order valence-electron chi connectivity index (χ0n) is 5.24. The lowest BCUT2D eigenvalue weighted by atomic mass is 10.2. The van der Waals surface area contributed by atoms with Crippen molar-refractivity contribution in [3.8, 4) is 0 Å². The predicted molar refractivity (Wildman–Crippen MR) is 41.7 cm³/mol. The van der Waals surface area contributed by atoms with Crippen molar-refractivity contribution in [2.24, 2.45) is 5.73 Å². The summed E-state index contributed by atoms with van der Waals surface area (Å²) in [5.41, 5.74) is 5.80. The molecule has 0 aliphatic carbocycles. The van der Waals surface area contributed by atoms with E-state index in [0.29, 0.717) is 0 Å². The molecule has 10 heavy (non-hydrogen) atoms. The maximum Gasteiger partial charge on any atom is 0.234 e. The highest BCUT2D eigenvalue weighted by Crippen LogP contribution is 2.17. The van der Waals surface area contributed by atoms with Gasteiger partial charge in [-0.25, -0.2) is 0 Å². The van der Waals surface area contributed by atoms with E-state index in [1.807, 2.05) is 0 Å². The topological polar surface area (TPSA) is 58.9 Å². The molecule has 4 heteroatoms. The highest BCUT2D eigenvalue weighted by Gasteiger charge is 2.11. The fourth-order valence-electron chi connectivity index (χ4n) is 0.671. The number of hydrogen-bond acceptors (Lipinski definition) is 2. The lowest BCUT2D eigenvalue weighted by molar-refractivity contribution is -0.117. The Morgan fingerprint density at radius 1 is 1.80 bits per heavy atom. The number of hydrogen-bond donors (Lipinski definition) is 3. The van der Waals surface area contributed by atoms with E-state index in [-0.39, 0.29) is 0 Å². The van der Waals surface area contributed by atoms with Crippen molar-refractivity contribution < 1.29 is 4.79 Å². The number of nitrogens with two attached hydrogens (primary N) is 1. The van der Waals surface area contributed by atoms with Crippen LogP contribution >= 0.6 is 12.6 Å². The van der Waals surface area contributed by atoms with E-state index >= 15 is 0 Å². The van der Waals surface area contributed by atoms with Crippen LogP contribution in [0.3, 0.4) is 0 Å². The van der Waals surface area contributed by atoms with Crippen LogP contribution in [-0.4, -0.2) is 10.9 Å². The number of rotatable bonds is 2. The number of primary amides is 1. The SMILES string of the molecule is NC(=O)C(S)c1cc[nH]c1. The van der Waals surface area contributed by atoms with Crippen LogP contribution in [0.25, 0.3) is 0 Å². The minimum atomic E-state index is -0.494. The first-order valence-corrected chi connectivity index (χ1v) is 3.33. The highest BCUT2D eigenvalue weighted by molar-refractivity contribution is 7.81. The summed E-state index contributed by atoms with van der Waals surface area (Å²) < 4.78 is 0. The third-order valence-corrected chi connectivity index (χ3v) is 1.76. The van der Waals surface area contributed by atoms with E-state index < -0.39 is 11.2 Å². The minimum absolute atomic E-state index is 0.428. The van der Waals surface area contributed by atoms with E-state index in [0.717, 1.165) is 5.56 Å². The van der Waals surface area contributed by atoms with Crippen LogP contribution in [-0.2, 0) is 4.79 Å². The van der Waals surface area contributed by atoms with E-state index in [1.165, 1.54) is 0 Å². The molecule has 3 N–H and O–H groups in total. The van der Waals surface area contributed by atoms with Gasteiger partial charge in [0.25, 0.3) is 0 Å². The largest absolute Gasteiger partial charge is 0.368 e. The summed E-state index contributed by atoms with van der Waals surface area (Å²) in [6.07, 6.45) is 3.42. The molecule has 0 aromatic carbocycles. The molecule has 0 bridgehead atoms. The van der Waals surface area contributed by atoms with Gasteiger partial charge in [0.1, 0.15) is 5.25 Å². The van der Waals surface area contributed by atoms with Crippen molar-refractivity contribution in [1.29, 1.82) is 0 Å². The fraction of sp³-hybridized carbons (Fsp3) is 0.167. The first-order chi connectivity index (χ1) is 4.72. The van der Waals surface area contributed by atoms with Crippen molar-refractivity contribution in [1.82, 2.24) is 4.98 Å². The van der Waals surface area contributed by atoms with Gasteiger partial charge >= 0.3 is 0 Å². The first-order valence-electron chi connectivity index (χ1n) is 2.82. The molecule has 0 saturated heterocycles. The predicted octanol–water partition coefficient (Wildman–Crippen LogP) is 0.471. The summed E-state index contributed by atoms with van der Waals surface area (Å²) in [6, 6.07) is 1.77. The number of aromatic nitrogens is 1. The molecular formula is C6H8N2OS. The molecule has 3 nitrogen and oxygen atoms in total. The third kappa shape index (κ3) is 1.33. The molecular weight excluding hydrogens is 148 g/mol. The average molecular weight is 156 g/mol. The molecule has 1 rings (SSSR count).